The van der Waals surface area contributed by atoms with Crippen LogP contribution >= 0.6 is 0 Å². The summed E-state index contributed by atoms with van der Waals surface area (Å²) >= 11 is 0. The zero-order valence-electron chi connectivity index (χ0n) is 9.22. The van der Waals surface area contributed by atoms with Crippen molar-refractivity contribution in [1.29, 1.82) is 0 Å². The normalized spacial score (nSPS) is 18.0. The molecule has 0 radical (unpaired) electrons. The van der Waals surface area contributed by atoms with Gasteiger partial charge in [-0.15, -0.1) is 26.2 Å². The third-order valence-corrected chi connectivity index (χ3v) is 1.57. The second kappa shape index (κ2) is 21.1. The molecule has 2 aliphatic rings. The van der Waals surface area contributed by atoms with Crippen LogP contribution in [0.15, 0.2) is 0 Å². The molecule has 2 rings (SSSR count). The van der Waals surface area contributed by atoms with Crippen molar-refractivity contribution in [2.24, 2.45) is 0 Å². The van der Waals surface area contributed by atoms with Gasteiger partial charge in [-0.25, -0.2) is 0 Å². The summed E-state index contributed by atoms with van der Waals surface area (Å²) in [6.07, 6.45) is 0. The fourth-order valence-corrected chi connectivity index (χ4v) is 0.944. The first kappa shape index (κ1) is 25.6. The molecule has 16 heavy (non-hydrogen) atoms. The Morgan fingerprint density at radius 1 is 0.625 bits per heavy atom. The molecule has 2 heterocycles. The Hall–Kier alpha value is 0.738. The van der Waals surface area contributed by atoms with Crippen LogP contribution < -0.4 is 12.4 Å². The number of ether oxygens (including phenoxy) is 2. The average molecular weight is 435 g/mol. The third kappa shape index (κ3) is 17.1. The maximum atomic E-state index is 4.98. The number of nitrogens with two attached hydrogens (primary N) is 2. The molecule has 0 aromatic heterocycles. The number of hydrogen-bond donors (Lipinski definition) is 0. The molecule has 104 valence electrons. The molecule has 0 saturated carbocycles. The van der Waals surface area contributed by atoms with Crippen LogP contribution in [0.5, 0.6) is 0 Å². The quantitative estimate of drug-likeness (QED) is 0.497. The molecule has 0 aromatic rings. The molecular formula is C8H20ClN4O2Pt-3. The molecule has 0 aliphatic carbocycles. The van der Waals surface area contributed by atoms with Gasteiger partial charge < -0.3 is 44.8 Å². The van der Waals surface area contributed by atoms with Crippen molar-refractivity contribution in [1.82, 2.24) is 0 Å². The standard InChI is InChI=1S/2C4H8NO.ClH.2H2N.Pt/c2*1-3-6-4-2-5-1;;;;/h2*1-4H2;1H;2*1H2;/q2*-1;;2*-1;+2/p-1. The minimum atomic E-state index is 0. The van der Waals surface area contributed by atoms with Gasteiger partial charge in [0.2, 0.25) is 0 Å². The number of nitrogens with zero attached hydrogens (tertiary/aromatic N) is 2. The van der Waals surface area contributed by atoms with Crippen LogP contribution in [-0.4, -0.2) is 52.6 Å². The first-order valence-corrected chi connectivity index (χ1v) is 4.42. The van der Waals surface area contributed by atoms with Gasteiger partial charge in [-0.3, -0.25) is 0 Å². The molecule has 0 aromatic carbocycles. The number of halogens is 1. The smallest absolute Gasteiger partial charge is 1.00 e. The van der Waals surface area contributed by atoms with Crippen LogP contribution in [0.4, 0.5) is 0 Å². The molecule has 0 atom stereocenters. The second-order valence-electron chi connectivity index (χ2n) is 2.57. The third-order valence-electron chi connectivity index (χ3n) is 1.57. The van der Waals surface area contributed by atoms with E-state index >= 15 is 0 Å². The van der Waals surface area contributed by atoms with E-state index in [4.69, 9.17) is 9.47 Å². The molecule has 2 fully saturated rings. The number of rotatable bonds is 0. The zero-order chi connectivity index (χ0) is 8.49. The minimum Gasteiger partial charge on any atom is -1.00 e. The minimum absolute atomic E-state index is 0. The van der Waals surface area contributed by atoms with Crippen LogP contribution in [0.2, 0.25) is 0 Å². The van der Waals surface area contributed by atoms with E-state index < -0.39 is 0 Å². The largest absolute Gasteiger partial charge is 2.00 e. The van der Waals surface area contributed by atoms with Gasteiger partial charge in [-0.05, 0) is 0 Å². The van der Waals surface area contributed by atoms with Crippen LogP contribution in [0, 0.1) is 0 Å². The molecule has 2 aliphatic heterocycles. The van der Waals surface area contributed by atoms with E-state index in [0.717, 1.165) is 52.6 Å². The fraction of sp³-hybridized carbons (Fsp3) is 1.00. The molecular weight excluding hydrogens is 415 g/mol. The van der Waals surface area contributed by atoms with Gasteiger partial charge >= 0.3 is 21.1 Å². The van der Waals surface area contributed by atoms with Gasteiger partial charge in [0.25, 0.3) is 0 Å². The molecule has 4 N–H and O–H groups in total. The van der Waals surface area contributed by atoms with Crippen molar-refractivity contribution in [3.05, 3.63) is 22.9 Å². The number of morpholine rings is 2. The Balaban J connectivity index is -0.0000000720. The molecule has 0 bridgehead atoms. The fourth-order valence-electron chi connectivity index (χ4n) is 0.944. The van der Waals surface area contributed by atoms with Crippen LogP contribution in [0.3, 0.4) is 0 Å². The summed E-state index contributed by atoms with van der Waals surface area (Å²) in [4.78, 5) is 0. The van der Waals surface area contributed by atoms with Crippen molar-refractivity contribution in [2.75, 3.05) is 52.6 Å². The van der Waals surface area contributed by atoms with Gasteiger partial charge in [-0.1, -0.05) is 0 Å². The van der Waals surface area contributed by atoms with E-state index in [-0.39, 0.29) is 45.8 Å². The Morgan fingerprint density at radius 2 is 0.875 bits per heavy atom. The van der Waals surface area contributed by atoms with E-state index in [9.17, 15) is 0 Å². The Labute approximate surface area is 118 Å². The maximum Gasteiger partial charge on any atom is 2.00 e. The zero-order valence-corrected chi connectivity index (χ0v) is 12.2. The van der Waals surface area contributed by atoms with Crippen LogP contribution in [0.1, 0.15) is 0 Å². The predicted molar refractivity (Wildman–Crippen MR) is 58.4 cm³/mol. The topological polar surface area (TPSA) is 114 Å². The van der Waals surface area contributed by atoms with Crippen LogP contribution in [-0.2, 0) is 30.5 Å². The van der Waals surface area contributed by atoms with Crippen molar-refractivity contribution in [3.8, 4) is 0 Å². The second-order valence-corrected chi connectivity index (χ2v) is 2.57. The summed E-state index contributed by atoms with van der Waals surface area (Å²) < 4.78 is 9.95. The van der Waals surface area contributed by atoms with Crippen molar-refractivity contribution in [2.45, 2.75) is 0 Å². The summed E-state index contributed by atoms with van der Waals surface area (Å²) in [6, 6.07) is 0. The Kier molecular flexibility index (Phi) is 33.6. The van der Waals surface area contributed by atoms with Crippen molar-refractivity contribution in [3.63, 3.8) is 0 Å². The first-order chi connectivity index (χ1) is 6.00. The van der Waals surface area contributed by atoms with E-state index in [1.165, 1.54) is 0 Å². The summed E-state index contributed by atoms with van der Waals surface area (Å²) in [7, 11) is 0. The van der Waals surface area contributed by atoms with Crippen molar-refractivity contribution >= 4 is 0 Å². The van der Waals surface area contributed by atoms with Gasteiger partial charge in [0.15, 0.2) is 0 Å². The van der Waals surface area contributed by atoms with Gasteiger partial charge in [0, 0.05) is 26.4 Å². The summed E-state index contributed by atoms with van der Waals surface area (Å²) in [5, 5.41) is 8.10. The molecule has 6 nitrogen and oxygen atoms in total. The van der Waals surface area contributed by atoms with E-state index in [1.807, 2.05) is 0 Å². The summed E-state index contributed by atoms with van der Waals surface area (Å²) in [5.41, 5.74) is 0. The Morgan fingerprint density at radius 3 is 0.938 bits per heavy atom. The average Bonchev–Trinajstić information content (AvgIpc) is 2.24. The summed E-state index contributed by atoms with van der Waals surface area (Å²) in [5.74, 6) is 0. The van der Waals surface area contributed by atoms with Crippen molar-refractivity contribution < 1.29 is 42.9 Å². The van der Waals surface area contributed by atoms with E-state index in [0.29, 0.717) is 0 Å². The molecule has 0 unspecified atom stereocenters. The maximum absolute atomic E-state index is 4.98. The number of hydrogen-bond acceptors (Lipinski definition) is 2. The predicted octanol–water partition coefficient (Wildman–Crippen LogP) is -0.784. The molecule has 8 heteroatoms. The summed E-state index contributed by atoms with van der Waals surface area (Å²) in [6.45, 7) is 6.94. The molecule has 0 spiro atoms. The van der Waals surface area contributed by atoms with Gasteiger partial charge in [0.05, 0.1) is 0 Å². The van der Waals surface area contributed by atoms with E-state index in [1.54, 1.807) is 0 Å². The first-order valence-electron chi connectivity index (χ1n) is 4.42. The van der Waals surface area contributed by atoms with Crippen LogP contribution in [0.25, 0.3) is 22.9 Å². The molecule has 2 saturated heterocycles. The Bertz CT molecular complexity index is 73.0. The SMILES string of the molecule is C1COCC[N-]1.C1COCC[N-]1.[Cl-].[NH2-].[NH2-].[Pt+2]. The van der Waals surface area contributed by atoms with Gasteiger partial charge in [-0.2, -0.15) is 0 Å². The molecule has 0 amide bonds. The monoisotopic (exact) mass is 434 g/mol. The van der Waals surface area contributed by atoms with Gasteiger partial charge in [0.1, 0.15) is 0 Å². The van der Waals surface area contributed by atoms with E-state index in [2.05, 4.69) is 10.6 Å².